The van der Waals surface area contributed by atoms with Gasteiger partial charge in [-0.2, -0.15) is 5.26 Å². The summed E-state index contributed by atoms with van der Waals surface area (Å²) in [6, 6.07) is 3.76. The van der Waals surface area contributed by atoms with Crippen molar-refractivity contribution < 1.29 is 9.53 Å². The second-order valence-electron chi connectivity index (χ2n) is 5.61. The van der Waals surface area contributed by atoms with Crippen molar-refractivity contribution in [2.45, 2.75) is 39.0 Å². The number of nitrogens with one attached hydrogen (secondary N) is 1. The number of nitriles is 1. The molecule has 0 aromatic carbocycles. The Kier molecular flexibility index (Phi) is 5.77. The first-order valence-corrected chi connectivity index (χ1v) is 8.42. The van der Waals surface area contributed by atoms with E-state index in [9.17, 15) is 4.79 Å². The van der Waals surface area contributed by atoms with E-state index in [2.05, 4.69) is 11.4 Å². The summed E-state index contributed by atoms with van der Waals surface area (Å²) in [4.78, 5) is 12.8. The molecule has 1 N–H and O–H groups in total. The van der Waals surface area contributed by atoms with Gasteiger partial charge >= 0.3 is 0 Å². The van der Waals surface area contributed by atoms with Gasteiger partial charge in [0.2, 0.25) is 0 Å². The van der Waals surface area contributed by atoms with Crippen LogP contribution in [0, 0.1) is 16.7 Å². The molecule has 0 unspecified atom stereocenters. The van der Waals surface area contributed by atoms with Crippen molar-refractivity contribution in [3.63, 3.8) is 0 Å². The Morgan fingerprint density at radius 1 is 1.52 bits per heavy atom. The minimum atomic E-state index is -0.121. The van der Waals surface area contributed by atoms with Crippen molar-refractivity contribution >= 4 is 17.2 Å². The molecule has 1 aliphatic carbocycles. The highest BCUT2D eigenvalue weighted by Crippen LogP contribution is 2.40. The lowest BCUT2D eigenvalue weighted by atomic mass is 9.83. The smallest absolute Gasteiger partial charge is 0.262 e. The average Bonchev–Trinajstić information content (AvgIpc) is 3.14. The zero-order chi connectivity index (χ0) is 15.1. The lowest BCUT2D eigenvalue weighted by molar-refractivity contribution is 0.0866. The van der Waals surface area contributed by atoms with Crippen LogP contribution in [0.3, 0.4) is 0 Å². The molecule has 2 rings (SSSR count). The Labute approximate surface area is 130 Å². The molecule has 0 aliphatic heterocycles. The molecule has 1 aromatic heterocycles. The molecular weight excluding hydrogens is 284 g/mol. The van der Waals surface area contributed by atoms with E-state index in [1.807, 2.05) is 6.92 Å². The number of hydrogen-bond acceptors (Lipinski definition) is 4. The molecule has 1 amide bonds. The fourth-order valence-corrected chi connectivity index (χ4v) is 3.75. The van der Waals surface area contributed by atoms with Crippen LogP contribution in [0.1, 0.15) is 54.3 Å². The van der Waals surface area contributed by atoms with Crippen LogP contribution in [-0.2, 0) is 4.74 Å². The maximum absolute atomic E-state index is 12.2. The van der Waals surface area contributed by atoms with Crippen molar-refractivity contribution in [3.8, 4) is 6.07 Å². The lowest BCUT2D eigenvalue weighted by Crippen LogP contribution is -2.36. The number of carbonyl (C=O) groups excluding carboxylic acids is 1. The third-order valence-electron chi connectivity index (χ3n) is 4.26. The predicted octanol–water partition coefficient (Wildman–Crippen LogP) is 3.34. The third-order valence-corrected chi connectivity index (χ3v) is 5.17. The minimum Gasteiger partial charge on any atom is -0.382 e. The van der Waals surface area contributed by atoms with Crippen LogP contribution >= 0.6 is 11.3 Å². The Hall–Kier alpha value is -1.38. The van der Waals surface area contributed by atoms with Gasteiger partial charge in [0, 0.05) is 19.8 Å². The molecule has 1 aromatic rings. The largest absolute Gasteiger partial charge is 0.382 e. The number of thiophene rings is 1. The maximum atomic E-state index is 12.2. The molecule has 1 fully saturated rings. The van der Waals surface area contributed by atoms with Crippen molar-refractivity contribution in [3.05, 3.63) is 21.9 Å². The van der Waals surface area contributed by atoms with Crippen molar-refractivity contribution in [2.75, 3.05) is 19.8 Å². The molecule has 1 aliphatic rings. The predicted molar refractivity (Wildman–Crippen MR) is 83.4 cm³/mol. The molecule has 4 nitrogen and oxygen atoms in total. The highest BCUT2D eigenvalue weighted by Gasteiger charge is 2.34. The first kappa shape index (κ1) is 16.0. The summed E-state index contributed by atoms with van der Waals surface area (Å²) in [7, 11) is 0. The van der Waals surface area contributed by atoms with Crippen LogP contribution < -0.4 is 5.32 Å². The Balaban J connectivity index is 1.93. The Morgan fingerprint density at radius 3 is 2.95 bits per heavy atom. The second kappa shape index (κ2) is 7.58. The van der Waals surface area contributed by atoms with Crippen molar-refractivity contribution in [2.24, 2.45) is 5.41 Å². The fraction of sp³-hybridized carbons (Fsp3) is 0.625. The van der Waals surface area contributed by atoms with E-state index in [4.69, 9.17) is 10.00 Å². The van der Waals surface area contributed by atoms with E-state index in [0.717, 1.165) is 32.5 Å². The summed E-state index contributed by atoms with van der Waals surface area (Å²) >= 11 is 1.33. The molecule has 21 heavy (non-hydrogen) atoms. The third kappa shape index (κ3) is 4.05. The van der Waals surface area contributed by atoms with Crippen LogP contribution in [0.2, 0.25) is 0 Å². The molecular formula is C16H22N2O2S. The molecule has 114 valence electrons. The maximum Gasteiger partial charge on any atom is 0.262 e. The van der Waals surface area contributed by atoms with Crippen LogP contribution in [0.15, 0.2) is 11.4 Å². The van der Waals surface area contributed by atoms with Crippen LogP contribution in [0.25, 0.3) is 0 Å². The van der Waals surface area contributed by atoms with Gasteiger partial charge in [-0.1, -0.05) is 12.8 Å². The summed E-state index contributed by atoms with van der Waals surface area (Å²) in [6.07, 6.45) is 5.75. The van der Waals surface area contributed by atoms with Gasteiger partial charge in [-0.3, -0.25) is 4.79 Å². The molecule has 0 radical (unpaired) electrons. The normalized spacial score (nSPS) is 16.6. The monoisotopic (exact) mass is 306 g/mol. The fourth-order valence-electron chi connectivity index (χ4n) is 2.99. The zero-order valence-electron chi connectivity index (χ0n) is 12.5. The first-order chi connectivity index (χ1) is 10.2. The summed E-state index contributed by atoms with van der Waals surface area (Å²) < 4.78 is 5.48. The highest BCUT2D eigenvalue weighted by molar-refractivity contribution is 7.12. The van der Waals surface area contributed by atoms with Gasteiger partial charge < -0.3 is 10.1 Å². The van der Waals surface area contributed by atoms with Crippen LogP contribution in [-0.4, -0.2) is 25.7 Å². The average molecular weight is 306 g/mol. The van der Waals surface area contributed by atoms with E-state index < -0.39 is 0 Å². The minimum absolute atomic E-state index is 0.121. The zero-order valence-corrected chi connectivity index (χ0v) is 13.3. The van der Waals surface area contributed by atoms with E-state index in [1.54, 1.807) is 11.4 Å². The number of ether oxygens (including phenoxy) is 1. The van der Waals surface area contributed by atoms with Gasteiger partial charge in [0.25, 0.3) is 5.91 Å². The Morgan fingerprint density at radius 2 is 2.29 bits per heavy atom. The summed E-state index contributed by atoms with van der Waals surface area (Å²) in [5.74, 6) is -0.121. The van der Waals surface area contributed by atoms with E-state index in [1.165, 1.54) is 24.2 Å². The van der Waals surface area contributed by atoms with Crippen molar-refractivity contribution in [1.82, 2.24) is 5.32 Å². The van der Waals surface area contributed by atoms with Gasteiger partial charge in [0.1, 0.15) is 10.9 Å². The van der Waals surface area contributed by atoms with E-state index in [0.29, 0.717) is 17.0 Å². The van der Waals surface area contributed by atoms with E-state index in [-0.39, 0.29) is 11.3 Å². The molecule has 0 bridgehead atoms. The van der Waals surface area contributed by atoms with Crippen molar-refractivity contribution in [1.29, 1.82) is 5.26 Å². The number of hydrogen-bond donors (Lipinski definition) is 1. The standard InChI is InChI=1S/C16H22N2O2S/c1-2-20-9-8-16(6-3-4-7-16)12-18-15(19)14-13(11-17)5-10-21-14/h5,10H,2-4,6-9,12H2,1H3,(H,18,19). The molecule has 1 heterocycles. The number of amides is 1. The summed E-state index contributed by atoms with van der Waals surface area (Å²) in [5, 5.41) is 13.8. The van der Waals surface area contributed by atoms with Crippen LogP contribution in [0.4, 0.5) is 0 Å². The summed E-state index contributed by atoms with van der Waals surface area (Å²) in [5.41, 5.74) is 0.641. The topological polar surface area (TPSA) is 62.1 Å². The molecule has 0 atom stereocenters. The number of nitrogens with zero attached hydrogens (tertiary/aromatic N) is 1. The summed E-state index contributed by atoms with van der Waals surface area (Å²) in [6.45, 7) is 4.18. The highest BCUT2D eigenvalue weighted by atomic mass is 32.1. The molecule has 5 heteroatoms. The number of rotatable bonds is 7. The van der Waals surface area contributed by atoms with Crippen LogP contribution in [0.5, 0.6) is 0 Å². The van der Waals surface area contributed by atoms with Gasteiger partial charge in [-0.05, 0) is 43.0 Å². The van der Waals surface area contributed by atoms with Gasteiger partial charge in [0.05, 0.1) is 5.56 Å². The lowest BCUT2D eigenvalue weighted by Gasteiger charge is -2.29. The van der Waals surface area contributed by atoms with Gasteiger partial charge in [-0.25, -0.2) is 0 Å². The van der Waals surface area contributed by atoms with Gasteiger partial charge in [-0.15, -0.1) is 11.3 Å². The first-order valence-electron chi connectivity index (χ1n) is 7.54. The number of carbonyl (C=O) groups is 1. The Bertz CT molecular complexity index is 513. The quantitative estimate of drug-likeness (QED) is 0.786. The van der Waals surface area contributed by atoms with E-state index >= 15 is 0 Å². The molecule has 1 saturated carbocycles. The second-order valence-corrected chi connectivity index (χ2v) is 6.53. The molecule has 0 saturated heterocycles. The molecule has 0 spiro atoms. The SMILES string of the molecule is CCOCCC1(CNC(=O)c2sccc2C#N)CCCC1. The van der Waals surface area contributed by atoms with Gasteiger partial charge in [0.15, 0.2) is 0 Å².